The molecule has 0 radical (unpaired) electrons. The average molecular weight is 415 g/mol. The van der Waals surface area contributed by atoms with Crippen molar-refractivity contribution in [2.45, 2.75) is 76.0 Å². The third-order valence-electron chi connectivity index (χ3n) is 8.01. The first kappa shape index (κ1) is 19.5. The molecule has 1 saturated heterocycles. The zero-order valence-electron chi connectivity index (χ0n) is 18.5. The quantitative estimate of drug-likeness (QED) is 0.546. The Morgan fingerprint density at radius 2 is 1.61 bits per heavy atom. The molecule has 0 amide bonds. The van der Waals surface area contributed by atoms with E-state index in [-0.39, 0.29) is 0 Å². The van der Waals surface area contributed by atoms with E-state index < -0.39 is 0 Å². The van der Waals surface area contributed by atoms with Crippen LogP contribution in [0.25, 0.3) is 22.4 Å². The number of rotatable bonds is 7. The van der Waals surface area contributed by atoms with Crippen molar-refractivity contribution in [3.63, 3.8) is 0 Å². The topological polar surface area (TPSA) is 35.2 Å². The highest BCUT2D eigenvalue weighted by molar-refractivity contribution is 5.79. The summed E-state index contributed by atoms with van der Waals surface area (Å²) in [6.07, 6.45) is 11.4. The highest BCUT2D eigenvalue weighted by atomic mass is 15.3. The molecule has 2 aliphatic carbocycles. The first-order valence-corrected chi connectivity index (χ1v) is 12.4. The molecule has 1 unspecified atom stereocenters. The first-order chi connectivity index (χ1) is 15.3. The molecule has 31 heavy (non-hydrogen) atoms. The molecule has 1 N–H and O–H groups in total. The SMILES string of the molecule is c1ccc2[nH]c(-c3ccc(CN4CCCC4CN(C4CCC4)C4CCC4)cc3)nc2c1. The van der Waals surface area contributed by atoms with Gasteiger partial charge in [0, 0.05) is 36.8 Å². The van der Waals surface area contributed by atoms with Gasteiger partial charge < -0.3 is 4.98 Å². The summed E-state index contributed by atoms with van der Waals surface area (Å²) in [6, 6.07) is 19.8. The number of hydrogen-bond donors (Lipinski definition) is 1. The normalized spacial score (nSPS) is 22.8. The smallest absolute Gasteiger partial charge is 0.138 e. The van der Waals surface area contributed by atoms with Crippen LogP contribution in [-0.2, 0) is 6.54 Å². The van der Waals surface area contributed by atoms with E-state index in [4.69, 9.17) is 4.98 Å². The van der Waals surface area contributed by atoms with E-state index in [1.54, 1.807) is 0 Å². The summed E-state index contributed by atoms with van der Waals surface area (Å²) in [5, 5.41) is 0. The second kappa shape index (κ2) is 8.40. The molecular formula is C27H34N4. The second-order valence-corrected chi connectivity index (χ2v) is 9.93. The number of aromatic nitrogens is 2. The van der Waals surface area contributed by atoms with Crippen molar-refractivity contribution in [1.29, 1.82) is 0 Å². The van der Waals surface area contributed by atoms with Crippen molar-refractivity contribution < 1.29 is 0 Å². The standard InChI is InChI=1S/C27H34N4/c1-2-12-26-25(11-1)28-27(29-26)21-15-13-20(14-16-21)18-30-17-5-10-24(30)19-31(22-6-3-7-22)23-8-4-9-23/h1-2,11-16,22-24H,3-10,17-19H2,(H,28,29). The summed E-state index contributed by atoms with van der Waals surface area (Å²) in [5.41, 5.74) is 4.72. The van der Waals surface area contributed by atoms with Crippen LogP contribution in [0.15, 0.2) is 48.5 Å². The third kappa shape index (κ3) is 3.92. The maximum atomic E-state index is 4.75. The van der Waals surface area contributed by atoms with Crippen LogP contribution in [0.2, 0.25) is 0 Å². The Bertz CT molecular complexity index is 968. The van der Waals surface area contributed by atoms with Gasteiger partial charge in [-0.25, -0.2) is 4.98 Å². The largest absolute Gasteiger partial charge is 0.338 e. The van der Waals surface area contributed by atoms with Crippen molar-refractivity contribution in [1.82, 2.24) is 19.8 Å². The van der Waals surface area contributed by atoms with E-state index >= 15 is 0 Å². The Kier molecular flexibility index (Phi) is 5.29. The molecule has 0 spiro atoms. The van der Waals surface area contributed by atoms with Gasteiger partial charge in [0.2, 0.25) is 0 Å². The lowest BCUT2D eigenvalue weighted by atomic mass is 9.84. The van der Waals surface area contributed by atoms with Crippen LogP contribution in [0.4, 0.5) is 0 Å². The molecule has 2 aromatic carbocycles. The molecule has 4 heteroatoms. The number of hydrogen-bond acceptors (Lipinski definition) is 3. The summed E-state index contributed by atoms with van der Waals surface area (Å²) in [6.45, 7) is 3.62. The molecular weight excluding hydrogens is 380 g/mol. The molecule has 1 aromatic heterocycles. The lowest BCUT2D eigenvalue weighted by Gasteiger charge is -2.48. The van der Waals surface area contributed by atoms with Gasteiger partial charge in [-0.2, -0.15) is 0 Å². The minimum absolute atomic E-state index is 0.733. The number of para-hydroxylation sites is 2. The lowest BCUT2D eigenvalue weighted by Crippen LogP contribution is -2.53. The van der Waals surface area contributed by atoms with E-state index in [1.807, 2.05) is 6.07 Å². The van der Waals surface area contributed by atoms with Crippen LogP contribution in [0.3, 0.4) is 0 Å². The number of benzene rings is 2. The van der Waals surface area contributed by atoms with Gasteiger partial charge in [0.1, 0.15) is 5.82 Å². The van der Waals surface area contributed by atoms with Crippen molar-refractivity contribution in [2.24, 2.45) is 0 Å². The van der Waals surface area contributed by atoms with Crippen molar-refractivity contribution in [3.8, 4) is 11.4 Å². The number of nitrogens with zero attached hydrogens (tertiary/aromatic N) is 3. The predicted octanol–water partition coefficient (Wildman–Crippen LogP) is 5.60. The van der Waals surface area contributed by atoms with Crippen molar-refractivity contribution >= 4 is 11.0 Å². The van der Waals surface area contributed by atoms with Crippen molar-refractivity contribution in [2.75, 3.05) is 13.1 Å². The van der Waals surface area contributed by atoms with Crippen LogP contribution in [0, 0.1) is 0 Å². The Morgan fingerprint density at radius 1 is 0.871 bits per heavy atom. The zero-order chi connectivity index (χ0) is 20.6. The third-order valence-corrected chi connectivity index (χ3v) is 8.01. The molecule has 1 aliphatic heterocycles. The van der Waals surface area contributed by atoms with Gasteiger partial charge in [0.15, 0.2) is 0 Å². The van der Waals surface area contributed by atoms with Gasteiger partial charge >= 0.3 is 0 Å². The summed E-state index contributed by atoms with van der Waals surface area (Å²) in [4.78, 5) is 13.9. The van der Waals surface area contributed by atoms with Gasteiger partial charge in [0.25, 0.3) is 0 Å². The highest BCUT2D eigenvalue weighted by Crippen LogP contribution is 2.35. The van der Waals surface area contributed by atoms with Crippen LogP contribution < -0.4 is 0 Å². The number of aromatic amines is 1. The Hall–Kier alpha value is -2.17. The fraction of sp³-hybridized carbons (Fsp3) is 0.519. The van der Waals surface area contributed by atoms with Crippen molar-refractivity contribution in [3.05, 3.63) is 54.1 Å². The number of imidazole rings is 1. The Morgan fingerprint density at radius 3 is 2.29 bits per heavy atom. The van der Waals surface area contributed by atoms with Crippen LogP contribution in [0.1, 0.15) is 56.9 Å². The Labute approximate surface area is 185 Å². The van der Waals surface area contributed by atoms with Gasteiger partial charge in [0.05, 0.1) is 11.0 Å². The molecule has 3 aliphatic rings. The second-order valence-electron chi connectivity index (χ2n) is 9.93. The van der Waals surface area contributed by atoms with Gasteiger partial charge in [-0.05, 0) is 62.8 Å². The predicted molar refractivity (Wildman–Crippen MR) is 127 cm³/mol. The summed E-state index contributed by atoms with van der Waals surface area (Å²) in [5.74, 6) is 0.962. The molecule has 1 atom stereocenters. The summed E-state index contributed by atoms with van der Waals surface area (Å²) >= 11 is 0. The van der Waals surface area contributed by atoms with Gasteiger partial charge in [-0.15, -0.1) is 0 Å². The number of fused-ring (bicyclic) bond motifs is 1. The zero-order valence-corrected chi connectivity index (χ0v) is 18.5. The first-order valence-electron chi connectivity index (χ1n) is 12.4. The fourth-order valence-electron chi connectivity index (χ4n) is 5.68. The van der Waals surface area contributed by atoms with E-state index in [0.29, 0.717) is 0 Å². The van der Waals surface area contributed by atoms with E-state index in [2.05, 4.69) is 57.2 Å². The highest BCUT2D eigenvalue weighted by Gasteiger charge is 2.37. The average Bonchev–Trinajstić information content (AvgIpc) is 3.33. The Balaban J connectivity index is 1.13. The molecule has 3 aromatic rings. The van der Waals surface area contributed by atoms with Crippen LogP contribution >= 0.6 is 0 Å². The maximum Gasteiger partial charge on any atom is 0.138 e. The lowest BCUT2D eigenvalue weighted by molar-refractivity contribution is 0.0189. The molecule has 162 valence electrons. The molecule has 2 heterocycles. The number of H-pyrrole nitrogens is 1. The van der Waals surface area contributed by atoms with E-state index in [9.17, 15) is 0 Å². The van der Waals surface area contributed by atoms with E-state index in [0.717, 1.165) is 41.5 Å². The molecule has 4 nitrogen and oxygen atoms in total. The fourth-order valence-corrected chi connectivity index (χ4v) is 5.68. The number of nitrogens with one attached hydrogen (secondary N) is 1. The molecule has 3 fully saturated rings. The molecule has 6 rings (SSSR count). The minimum Gasteiger partial charge on any atom is -0.338 e. The summed E-state index contributed by atoms with van der Waals surface area (Å²) < 4.78 is 0. The molecule has 0 bridgehead atoms. The maximum absolute atomic E-state index is 4.75. The monoisotopic (exact) mass is 414 g/mol. The summed E-state index contributed by atoms with van der Waals surface area (Å²) in [7, 11) is 0. The van der Waals surface area contributed by atoms with Gasteiger partial charge in [-0.1, -0.05) is 49.2 Å². The molecule has 2 saturated carbocycles. The van der Waals surface area contributed by atoms with Crippen LogP contribution in [0.5, 0.6) is 0 Å². The van der Waals surface area contributed by atoms with Crippen LogP contribution in [-0.4, -0.2) is 51.0 Å². The van der Waals surface area contributed by atoms with E-state index in [1.165, 1.54) is 75.6 Å². The number of likely N-dealkylation sites (tertiary alicyclic amines) is 1. The minimum atomic E-state index is 0.733. The van der Waals surface area contributed by atoms with Gasteiger partial charge in [-0.3, -0.25) is 9.80 Å².